The third-order valence-electron chi connectivity index (χ3n) is 5.72. The molecule has 0 aliphatic heterocycles. The Morgan fingerprint density at radius 2 is 2.07 bits per heavy atom. The molecule has 0 bridgehead atoms. The molecule has 3 aromatic rings. The molecule has 3 N–H and O–H groups in total. The van der Waals surface area contributed by atoms with Gasteiger partial charge >= 0.3 is 5.97 Å². The van der Waals surface area contributed by atoms with Crippen LogP contribution in [-0.4, -0.2) is 22.7 Å². The fraction of sp³-hybridized carbons (Fsp3) is 0.391. The predicted octanol–water partition coefficient (Wildman–Crippen LogP) is 5.69. The number of carbonyl (C=O) groups is 1. The Kier molecular flexibility index (Phi) is 5.72. The van der Waals surface area contributed by atoms with Crippen molar-refractivity contribution in [2.75, 3.05) is 12.3 Å². The summed E-state index contributed by atoms with van der Waals surface area (Å²) >= 11 is 1.47. The Balaban J connectivity index is 1.70. The number of nitrogens with two attached hydrogens (primary N) is 1. The van der Waals surface area contributed by atoms with E-state index in [2.05, 4.69) is 17.1 Å². The van der Waals surface area contributed by atoms with E-state index >= 15 is 0 Å². The second-order valence-electron chi connectivity index (χ2n) is 7.95. The van der Waals surface area contributed by atoms with E-state index in [4.69, 9.17) is 15.6 Å². The van der Waals surface area contributed by atoms with Crippen LogP contribution in [0, 0.1) is 5.92 Å². The number of ether oxygens (including phenoxy) is 1. The molecule has 0 radical (unpaired) electrons. The van der Waals surface area contributed by atoms with E-state index in [0.29, 0.717) is 11.0 Å². The Labute approximate surface area is 174 Å². The SMILES string of the molecule is CC(CC(=O)O)c1ccc(OCC2CCCC2)c(-c2ccc3sc(N)nc3c2)c1. The highest BCUT2D eigenvalue weighted by molar-refractivity contribution is 7.22. The minimum absolute atomic E-state index is 0.0752. The van der Waals surface area contributed by atoms with E-state index < -0.39 is 5.97 Å². The van der Waals surface area contributed by atoms with Crippen molar-refractivity contribution in [3.63, 3.8) is 0 Å². The number of anilines is 1. The van der Waals surface area contributed by atoms with Crippen LogP contribution in [0.1, 0.15) is 50.5 Å². The zero-order chi connectivity index (χ0) is 20.4. The Bertz CT molecular complexity index is 1020. The second-order valence-corrected chi connectivity index (χ2v) is 9.01. The van der Waals surface area contributed by atoms with Gasteiger partial charge in [0.2, 0.25) is 0 Å². The number of aliphatic carboxylic acids is 1. The lowest BCUT2D eigenvalue weighted by Gasteiger charge is -2.18. The normalized spacial score (nSPS) is 15.6. The summed E-state index contributed by atoms with van der Waals surface area (Å²) in [5, 5.41) is 9.72. The molecule has 4 rings (SSSR count). The smallest absolute Gasteiger partial charge is 0.303 e. The number of carboxylic acids is 1. The topological polar surface area (TPSA) is 85.4 Å². The maximum absolute atomic E-state index is 11.2. The van der Waals surface area contributed by atoms with Crippen LogP contribution in [0.3, 0.4) is 0 Å². The molecule has 5 nitrogen and oxygen atoms in total. The molecule has 0 spiro atoms. The first-order valence-electron chi connectivity index (χ1n) is 10.1. The highest BCUT2D eigenvalue weighted by Crippen LogP contribution is 2.37. The van der Waals surface area contributed by atoms with Crippen molar-refractivity contribution in [3.8, 4) is 16.9 Å². The van der Waals surface area contributed by atoms with Gasteiger partial charge in [0.1, 0.15) is 5.75 Å². The first-order valence-corrected chi connectivity index (χ1v) is 11.0. The summed E-state index contributed by atoms with van der Waals surface area (Å²) in [5.41, 5.74) is 9.72. The van der Waals surface area contributed by atoms with Crippen LogP contribution in [0.4, 0.5) is 5.13 Å². The maximum Gasteiger partial charge on any atom is 0.303 e. The quantitative estimate of drug-likeness (QED) is 0.522. The number of aromatic nitrogens is 1. The van der Waals surface area contributed by atoms with Gasteiger partial charge in [-0.25, -0.2) is 4.98 Å². The molecule has 1 aliphatic rings. The fourth-order valence-electron chi connectivity index (χ4n) is 4.08. The predicted molar refractivity (Wildman–Crippen MR) is 118 cm³/mol. The standard InChI is InChI=1S/C23H26N2O3S/c1-14(10-22(26)27)16-6-8-20(28-13-15-4-2-3-5-15)18(11-16)17-7-9-21-19(12-17)25-23(24)29-21/h6-9,11-12,14-15H,2-5,10,13H2,1H3,(H2,24,25)(H,26,27). The monoisotopic (exact) mass is 410 g/mol. The molecule has 1 heterocycles. The van der Waals surface area contributed by atoms with Gasteiger partial charge in [-0.05, 0) is 60.1 Å². The number of carboxylic acid groups (broad SMARTS) is 1. The summed E-state index contributed by atoms with van der Waals surface area (Å²) in [6, 6.07) is 12.2. The summed E-state index contributed by atoms with van der Waals surface area (Å²) in [7, 11) is 0. The zero-order valence-corrected chi connectivity index (χ0v) is 17.4. The molecule has 1 atom stereocenters. The first kappa shape index (κ1) is 19.7. The zero-order valence-electron chi connectivity index (χ0n) is 16.6. The number of nitrogens with zero attached hydrogens (tertiary/aromatic N) is 1. The number of nitrogen functional groups attached to an aromatic ring is 1. The van der Waals surface area contributed by atoms with E-state index in [0.717, 1.165) is 39.3 Å². The Morgan fingerprint density at radius 1 is 1.28 bits per heavy atom. The molecule has 152 valence electrons. The van der Waals surface area contributed by atoms with Gasteiger partial charge in [0, 0.05) is 5.56 Å². The van der Waals surface area contributed by atoms with E-state index in [1.165, 1.54) is 37.0 Å². The first-order chi connectivity index (χ1) is 14.0. The van der Waals surface area contributed by atoms with Crippen LogP contribution in [0.25, 0.3) is 21.3 Å². The molecule has 1 saturated carbocycles. The molecule has 1 fully saturated rings. The van der Waals surface area contributed by atoms with E-state index in [1.54, 1.807) is 0 Å². The maximum atomic E-state index is 11.2. The highest BCUT2D eigenvalue weighted by atomic mass is 32.1. The lowest BCUT2D eigenvalue weighted by molar-refractivity contribution is -0.137. The number of hydrogen-bond acceptors (Lipinski definition) is 5. The summed E-state index contributed by atoms with van der Waals surface area (Å²) in [5.74, 6) is 0.591. The lowest BCUT2D eigenvalue weighted by Crippen LogP contribution is -2.09. The lowest BCUT2D eigenvalue weighted by atomic mass is 9.93. The highest BCUT2D eigenvalue weighted by Gasteiger charge is 2.18. The second kappa shape index (κ2) is 8.41. The average molecular weight is 411 g/mol. The third kappa shape index (κ3) is 4.53. The van der Waals surface area contributed by atoms with Crippen molar-refractivity contribution in [3.05, 3.63) is 42.0 Å². The summed E-state index contributed by atoms with van der Waals surface area (Å²) in [6.07, 6.45) is 5.13. The van der Waals surface area contributed by atoms with Gasteiger partial charge in [0.25, 0.3) is 0 Å². The van der Waals surface area contributed by atoms with Crippen molar-refractivity contribution < 1.29 is 14.6 Å². The molecule has 6 heteroatoms. The number of hydrogen-bond donors (Lipinski definition) is 2. The van der Waals surface area contributed by atoms with Crippen LogP contribution in [0.15, 0.2) is 36.4 Å². The summed E-state index contributed by atoms with van der Waals surface area (Å²) in [6.45, 7) is 2.67. The summed E-state index contributed by atoms with van der Waals surface area (Å²) < 4.78 is 7.30. The molecule has 1 aliphatic carbocycles. The number of fused-ring (bicyclic) bond motifs is 1. The number of rotatable bonds is 7. The number of thiazole rings is 1. The van der Waals surface area contributed by atoms with Crippen molar-refractivity contribution in [2.45, 2.75) is 44.9 Å². The minimum atomic E-state index is -0.792. The molecule has 1 aromatic heterocycles. The minimum Gasteiger partial charge on any atom is -0.493 e. The largest absolute Gasteiger partial charge is 0.493 e. The molecule has 2 aromatic carbocycles. The van der Waals surface area contributed by atoms with Gasteiger partial charge < -0.3 is 15.6 Å². The molecular formula is C23H26N2O3S. The molecule has 1 unspecified atom stereocenters. The van der Waals surface area contributed by atoms with Crippen LogP contribution in [-0.2, 0) is 4.79 Å². The molecular weight excluding hydrogens is 384 g/mol. The van der Waals surface area contributed by atoms with Gasteiger partial charge in [0.05, 0.1) is 23.2 Å². The van der Waals surface area contributed by atoms with Crippen LogP contribution < -0.4 is 10.5 Å². The van der Waals surface area contributed by atoms with Gasteiger partial charge in [0.15, 0.2) is 5.13 Å². The van der Waals surface area contributed by atoms with Gasteiger partial charge in [-0.15, -0.1) is 0 Å². The van der Waals surface area contributed by atoms with E-state index in [9.17, 15) is 4.79 Å². The van der Waals surface area contributed by atoms with E-state index in [1.807, 2.05) is 31.2 Å². The van der Waals surface area contributed by atoms with E-state index in [-0.39, 0.29) is 12.3 Å². The van der Waals surface area contributed by atoms with Crippen LogP contribution in [0.2, 0.25) is 0 Å². The van der Waals surface area contributed by atoms with Gasteiger partial charge in [-0.3, -0.25) is 4.79 Å². The van der Waals surface area contributed by atoms with Crippen molar-refractivity contribution >= 4 is 32.7 Å². The third-order valence-corrected chi connectivity index (χ3v) is 6.58. The van der Waals surface area contributed by atoms with Crippen molar-refractivity contribution in [1.82, 2.24) is 4.98 Å². The molecule has 0 saturated heterocycles. The van der Waals surface area contributed by atoms with Gasteiger partial charge in [-0.2, -0.15) is 0 Å². The average Bonchev–Trinajstić information content (AvgIpc) is 3.33. The Hall–Kier alpha value is -2.60. The Morgan fingerprint density at radius 3 is 2.83 bits per heavy atom. The van der Waals surface area contributed by atoms with Crippen molar-refractivity contribution in [2.24, 2.45) is 5.92 Å². The van der Waals surface area contributed by atoms with Gasteiger partial charge in [-0.1, -0.05) is 43.2 Å². The molecule has 0 amide bonds. The van der Waals surface area contributed by atoms with Crippen LogP contribution in [0.5, 0.6) is 5.75 Å². The molecule has 29 heavy (non-hydrogen) atoms. The van der Waals surface area contributed by atoms with Crippen LogP contribution >= 0.6 is 11.3 Å². The fourth-order valence-corrected chi connectivity index (χ4v) is 4.80. The number of benzene rings is 2. The summed E-state index contributed by atoms with van der Waals surface area (Å²) in [4.78, 5) is 15.6. The van der Waals surface area contributed by atoms with Crippen molar-refractivity contribution in [1.29, 1.82) is 0 Å².